The summed E-state index contributed by atoms with van der Waals surface area (Å²) in [5, 5.41) is 10.7. The molecule has 1 aromatic rings. The highest BCUT2D eigenvalue weighted by atomic mass is 16.6. The molecule has 0 aliphatic heterocycles. The fourth-order valence-corrected chi connectivity index (χ4v) is 1.35. The smallest absolute Gasteiger partial charge is 0.231 e. The minimum atomic E-state index is -0.743. The number of rotatable bonds is 5. The monoisotopic (exact) mass is 210 g/mol. The summed E-state index contributed by atoms with van der Waals surface area (Å²) in [6.45, 7) is 1.55. The van der Waals surface area contributed by atoms with Crippen LogP contribution in [0.15, 0.2) is 30.3 Å². The summed E-state index contributed by atoms with van der Waals surface area (Å²) in [7, 11) is 1.45. The van der Waals surface area contributed by atoms with Gasteiger partial charge in [-0.3, -0.25) is 10.1 Å². The lowest BCUT2D eigenvalue weighted by molar-refractivity contribution is -0.525. The third-order valence-electron chi connectivity index (χ3n) is 2.22. The second-order valence-electron chi connectivity index (χ2n) is 3.24. The van der Waals surface area contributed by atoms with Crippen LogP contribution in [0.2, 0.25) is 0 Å². The quantitative estimate of drug-likeness (QED) is 0.591. The Morgan fingerprint density at radius 1 is 1.40 bits per heavy atom. The van der Waals surface area contributed by atoms with Crippen LogP contribution in [0.5, 0.6) is 0 Å². The zero-order valence-corrected chi connectivity index (χ0v) is 8.71. The van der Waals surface area contributed by atoms with E-state index in [0.717, 1.165) is 5.56 Å². The molecule has 0 spiro atoms. The lowest BCUT2D eigenvalue weighted by atomic mass is 10.0. The predicted octanol–water partition coefficient (Wildman–Crippen LogP) is 1.54. The van der Waals surface area contributed by atoms with E-state index in [2.05, 4.69) is 5.48 Å². The first kappa shape index (κ1) is 11.6. The van der Waals surface area contributed by atoms with Crippen LogP contribution in [0.1, 0.15) is 18.5 Å². The highest BCUT2D eigenvalue weighted by Crippen LogP contribution is 2.18. The molecule has 0 heterocycles. The first-order valence-corrected chi connectivity index (χ1v) is 4.63. The Balaban J connectivity index is 2.87. The van der Waals surface area contributed by atoms with Crippen molar-refractivity contribution in [3.63, 3.8) is 0 Å². The lowest BCUT2D eigenvalue weighted by Gasteiger charge is -2.18. The molecule has 0 radical (unpaired) electrons. The van der Waals surface area contributed by atoms with Gasteiger partial charge in [-0.25, -0.2) is 0 Å². The number of hydrogen-bond acceptors (Lipinski definition) is 4. The minimum absolute atomic E-state index is 0.330. The number of nitrogens with zero attached hydrogens (tertiary/aromatic N) is 1. The van der Waals surface area contributed by atoms with Crippen LogP contribution in [-0.2, 0) is 4.84 Å². The second-order valence-corrected chi connectivity index (χ2v) is 3.24. The maximum atomic E-state index is 10.7. The normalized spacial score (nSPS) is 14.5. The summed E-state index contributed by atoms with van der Waals surface area (Å²) >= 11 is 0. The van der Waals surface area contributed by atoms with Crippen molar-refractivity contribution in [2.45, 2.75) is 19.0 Å². The van der Waals surface area contributed by atoms with E-state index >= 15 is 0 Å². The predicted molar refractivity (Wildman–Crippen MR) is 55.8 cm³/mol. The Morgan fingerprint density at radius 3 is 2.47 bits per heavy atom. The van der Waals surface area contributed by atoms with E-state index in [4.69, 9.17) is 4.84 Å². The molecule has 0 aliphatic carbocycles. The lowest BCUT2D eigenvalue weighted by Crippen LogP contribution is -2.34. The van der Waals surface area contributed by atoms with Crippen molar-refractivity contribution < 1.29 is 9.76 Å². The summed E-state index contributed by atoms with van der Waals surface area (Å²) in [4.78, 5) is 15.1. The van der Waals surface area contributed by atoms with Crippen molar-refractivity contribution in [3.05, 3.63) is 46.0 Å². The van der Waals surface area contributed by atoms with Gasteiger partial charge in [0, 0.05) is 11.8 Å². The zero-order chi connectivity index (χ0) is 11.3. The maximum absolute atomic E-state index is 10.7. The van der Waals surface area contributed by atoms with Gasteiger partial charge in [0.1, 0.15) is 6.04 Å². The molecule has 5 nitrogen and oxygen atoms in total. The molecule has 0 amide bonds. The van der Waals surface area contributed by atoms with E-state index in [-0.39, 0.29) is 4.92 Å². The number of nitro groups is 1. The van der Waals surface area contributed by atoms with E-state index in [1.807, 2.05) is 30.3 Å². The van der Waals surface area contributed by atoms with Gasteiger partial charge in [0.25, 0.3) is 0 Å². The number of hydroxylamine groups is 1. The van der Waals surface area contributed by atoms with Crippen LogP contribution in [0, 0.1) is 10.1 Å². The molecular weight excluding hydrogens is 196 g/mol. The first-order chi connectivity index (χ1) is 7.16. The van der Waals surface area contributed by atoms with Crippen molar-refractivity contribution in [2.75, 3.05) is 7.11 Å². The van der Waals surface area contributed by atoms with Crippen molar-refractivity contribution in [2.24, 2.45) is 0 Å². The van der Waals surface area contributed by atoms with E-state index in [1.54, 1.807) is 6.92 Å². The van der Waals surface area contributed by atoms with Gasteiger partial charge in [0.15, 0.2) is 0 Å². The molecule has 2 atom stereocenters. The van der Waals surface area contributed by atoms with E-state index in [1.165, 1.54) is 7.11 Å². The molecule has 0 bridgehead atoms. The molecule has 0 fully saturated rings. The fraction of sp³-hybridized carbons (Fsp3) is 0.400. The molecule has 1 N–H and O–H groups in total. The first-order valence-electron chi connectivity index (χ1n) is 4.63. The van der Waals surface area contributed by atoms with Gasteiger partial charge in [-0.15, -0.1) is 0 Å². The van der Waals surface area contributed by atoms with Crippen LogP contribution in [0.4, 0.5) is 0 Å². The highest BCUT2D eigenvalue weighted by molar-refractivity contribution is 5.19. The summed E-state index contributed by atoms with van der Waals surface area (Å²) in [6, 6.07) is 8.02. The Hall–Kier alpha value is -1.46. The van der Waals surface area contributed by atoms with Crippen molar-refractivity contribution in [3.8, 4) is 0 Å². The third-order valence-corrected chi connectivity index (χ3v) is 2.22. The number of nitrogens with one attached hydrogen (secondary N) is 1. The molecule has 2 unspecified atom stereocenters. The van der Waals surface area contributed by atoms with Gasteiger partial charge in [0.2, 0.25) is 6.04 Å². The van der Waals surface area contributed by atoms with Crippen LogP contribution in [0.25, 0.3) is 0 Å². The number of benzene rings is 1. The van der Waals surface area contributed by atoms with Crippen molar-refractivity contribution in [1.29, 1.82) is 0 Å². The largest absolute Gasteiger partial charge is 0.304 e. The average Bonchev–Trinajstić information content (AvgIpc) is 2.26. The Kier molecular flexibility index (Phi) is 4.20. The van der Waals surface area contributed by atoms with E-state index in [0.29, 0.717) is 0 Å². The standard InChI is InChI=1S/C10H14N2O3/c1-8(12(13)14)10(11-15-2)9-6-4-3-5-7-9/h3-8,10-11H,1-2H3. The molecule has 82 valence electrons. The topological polar surface area (TPSA) is 64.4 Å². The summed E-state index contributed by atoms with van der Waals surface area (Å²) < 4.78 is 0. The van der Waals surface area contributed by atoms with Gasteiger partial charge in [-0.2, -0.15) is 5.48 Å². The van der Waals surface area contributed by atoms with Gasteiger partial charge < -0.3 is 4.84 Å². The van der Waals surface area contributed by atoms with Crippen molar-refractivity contribution in [1.82, 2.24) is 5.48 Å². The van der Waals surface area contributed by atoms with Gasteiger partial charge in [-0.05, 0) is 5.56 Å². The van der Waals surface area contributed by atoms with Crippen LogP contribution in [0.3, 0.4) is 0 Å². The van der Waals surface area contributed by atoms with Crippen LogP contribution >= 0.6 is 0 Å². The van der Waals surface area contributed by atoms with Gasteiger partial charge >= 0.3 is 0 Å². The second kappa shape index (κ2) is 5.43. The SMILES string of the molecule is CONC(c1ccccc1)C(C)[N+](=O)[O-]. The molecular formula is C10H14N2O3. The molecule has 1 rings (SSSR count). The van der Waals surface area contributed by atoms with Gasteiger partial charge in [-0.1, -0.05) is 30.3 Å². The van der Waals surface area contributed by atoms with E-state index in [9.17, 15) is 10.1 Å². The zero-order valence-electron chi connectivity index (χ0n) is 8.71. The van der Waals surface area contributed by atoms with Gasteiger partial charge in [0.05, 0.1) is 7.11 Å². The summed E-state index contributed by atoms with van der Waals surface area (Å²) in [6.07, 6.45) is 0. The fourth-order valence-electron chi connectivity index (χ4n) is 1.35. The molecule has 0 saturated heterocycles. The Bertz CT molecular complexity index is 316. The third kappa shape index (κ3) is 3.00. The molecule has 15 heavy (non-hydrogen) atoms. The molecule has 0 aromatic heterocycles. The average molecular weight is 210 g/mol. The molecule has 5 heteroatoms. The highest BCUT2D eigenvalue weighted by Gasteiger charge is 2.27. The Morgan fingerprint density at radius 2 is 2.00 bits per heavy atom. The summed E-state index contributed by atoms with van der Waals surface area (Å²) in [5.41, 5.74) is 3.47. The molecule has 0 aliphatic rings. The van der Waals surface area contributed by atoms with Crippen LogP contribution < -0.4 is 5.48 Å². The number of hydrogen-bond donors (Lipinski definition) is 1. The summed E-state index contributed by atoms with van der Waals surface area (Å²) in [5.74, 6) is 0. The maximum Gasteiger partial charge on any atom is 0.231 e. The molecule has 1 aromatic carbocycles. The molecule has 0 saturated carbocycles. The van der Waals surface area contributed by atoms with Crippen molar-refractivity contribution >= 4 is 0 Å². The minimum Gasteiger partial charge on any atom is -0.304 e. The Labute approximate surface area is 88.2 Å². The van der Waals surface area contributed by atoms with E-state index < -0.39 is 12.1 Å². The van der Waals surface area contributed by atoms with Crippen LogP contribution in [-0.4, -0.2) is 18.1 Å².